The molecule has 0 spiro atoms. The molecule has 0 bridgehead atoms. The summed E-state index contributed by atoms with van der Waals surface area (Å²) in [4.78, 5) is 8.76. The molecule has 7 nitrogen and oxygen atoms in total. The van der Waals surface area contributed by atoms with E-state index in [0.29, 0.717) is 38.0 Å². The molecule has 0 aromatic carbocycles. The quantitative estimate of drug-likeness (QED) is 0.563. The smallest absolute Gasteiger partial charge is 0.213 e. The van der Waals surface area contributed by atoms with E-state index in [1.165, 1.54) is 0 Å². The van der Waals surface area contributed by atoms with Crippen LogP contribution >= 0.6 is 0 Å². The van der Waals surface area contributed by atoms with Crippen LogP contribution < -0.4 is 15.4 Å². The second-order valence-corrected chi connectivity index (χ2v) is 8.02. The zero-order valence-corrected chi connectivity index (χ0v) is 15.1. The van der Waals surface area contributed by atoms with Crippen LogP contribution in [0.4, 0.5) is 0 Å². The number of aromatic nitrogens is 1. The lowest BCUT2D eigenvalue weighted by atomic mass is 10.3. The van der Waals surface area contributed by atoms with Gasteiger partial charge in [0.25, 0.3) is 0 Å². The number of hydrogen-bond acceptors (Lipinski definition) is 5. The number of rotatable bonds is 7. The predicted molar refractivity (Wildman–Crippen MR) is 95.0 cm³/mol. The first-order valence-corrected chi connectivity index (χ1v) is 10.2. The van der Waals surface area contributed by atoms with E-state index in [0.717, 1.165) is 12.0 Å². The second kappa shape index (κ2) is 8.86. The number of sulfone groups is 1. The van der Waals surface area contributed by atoms with Crippen LogP contribution in [0.3, 0.4) is 0 Å². The number of hydrogen-bond donors (Lipinski definition) is 2. The van der Waals surface area contributed by atoms with Crippen molar-refractivity contribution >= 4 is 15.8 Å². The highest BCUT2D eigenvalue weighted by atomic mass is 32.2. The summed E-state index contributed by atoms with van der Waals surface area (Å²) in [5, 5.41) is 6.34. The number of pyridine rings is 1. The lowest BCUT2D eigenvalue weighted by molar-refractivity contribution is 0.305. The highest BCUT2D eigenvalue weighted by Crippen LogP contribution is 2.11. The standard InChI is InChI=1S/C16H26N4O3S/c1-3-8-23-15-6-5-13(10-18-15)11-19-16(17-4-2)20-14-7-9-24(21,22)12-14/h5-6,10,14H,3-4,7-9,11-12H2,1-2H3,(H2,17,19,20). The van der Waals surface area contributed by atoms with Crippen molar-refractivity contribution in [2.24, 2.45) is 4.99 Å². The van der Waals surface area contributed by atoms with Crippen LogP contribution in [0.2, 0.25) is 0 Å². The molecule has 24 heavy (non-hydrogen) atoms. The molecule has 0 radical (unpaired) electrons. The molecule has 1 aromatic rings. The van der Waals surface area contributed by atoms with Crippen LogP contribution in [0.15, 0.2) is 23.3 Å². The maximum absolute atomic E-state index is 11.5. The molecule has 1 unspecified atom stereocenters. The van der Waals surface area contributed by atoms with Crippen LogP contribution in [-0.2, 0) is 16.4 Å². The molecule has 2 heterocycles. The summed E-state index contributed by atoms with van der Waals surface area (Å²) >= 11 is 0. The Balaban J connectivity index is 1.92. The zero-order valence-electron chi connectivity index (χ0n) is 14.3. The third-order valence-electron chi connectivity index (χ3n) is 3.59. The third kappa shape index (κ3) is 5.99. The van der Waals surface area contributed by atoms with Crippen molar-refractivity contribution in [2.45, 2.75) is 39.3 Å². The molecule has 1 atom stereocenters. The first kappa shape index (κ1) is 18.5. The monoisotopic (exact) mass is 354 g/mol. The Morgan fingerprint density at radius 3 is 2.83 bits per heavy atom. The van der Waals surface area contributed by atoms with E-state index < -0.39 is 9.84 Å². The summed E-state index contributed by atoms with van der Waals surface area (Å²) < 4.78 is 28.5. The number of aliphatic imine (C=N–C) groups is 1. The van der Waals surface area contributed by atoms with Crippen LogP contribution in [0.25, 0.3) is 0 Å². The summed E-state index contributed by atoms with van der Waals surface area (Å²) in [6, 6.07) is 3.70. The molecule has 0 saturated carbocycles. The van der Waals surface area contributed by atoms with Crippen molar-refractivity contribution < 1.29 is 13.2 Å². The Morgan fingerprint density at radius 1 is 1.42 bits per heavy atom. The van der Waals surface area contributed by atoms with Gasteiger partial charge in [-0.2, -0.15) is 0 Å². The van der Waals surface area contributed by atoms with Gasteiger partial charge in [-0.1, -0.05) is 13.0 Å². The summed E-state index contributed by atoms with van der Waals surface area (Å²) in [6.07, 6.45) is 3.32. The van der Waals surface area contributed by atoms with Gasteiger partial charge < -0.3 is 15.4 Å². The van der Waals surface area contributed by atoms with E-state index in [1.807, 2.05) is 26.0 Å². The van der Waals surface area contributed by atoms with E-state index in [2.05, 4.69) is 20.6 Å². The van der Waals surface area contributed by atoms with Gasteiger partial charge in [0.05, 0.1) is 24.7 Å². The van der Waals surface area contributed by atoms with Gasteiger partial charge in [-0.15, -0.1) is 0 Å². The minimum atomic E-state index is -2.90. The summed E-state index contributed by atoms with van der Waals surface area (Å²) in [5.41, 5.74) is 0.968. The van der Waals surface area contributed by atoms with Crippen molar-refractivity contribution in [1.29, 1.82) is 0 Å². The molecule has 1 aromatic heterocycles. The van der Waals surface area contributed by atoms with Gasteiger partial charge in [-0.25, -0.2) is 18.4 Å². The Bertz CT molecular complexity index is 644. The Kier molecular flexibility index (Phi) is 6.84. The molecular weight excluding hydrogens is 328 g/mol. The molecule has 1 aliphatic rings. The fraction of sp³-hybridized carbons (Fsp3) is 0.625. The Morgan fingerprint density at radius 2 is 2.25 bits per heavy atom. The molecule has 1 aliphatic heterocycles. The highest BCUT2D eigenvalue weighted by molar-refractivity contribution is 7.91. The molecule has 1 fully saturated rings. The largest absolute Gasteiger partial charge is 0.478 e. The van der Waals surface area contributed by atoms with Gasteiger partial charge in [0.2, 0.25) is 5.88 Å². The van der Waals surface area contributed by atoms with Crippen molar-refractivity contribution in [1.82, 2.24) is 15.6 Å². The first-order valence-electron chi connectivity index (χ1n) is 8.35. The Labute approximate surface area is 143 Å². The van der Waals surface area contributed by atoms with Gasteiger partial charge in [0.1, 0.15) is 0 Å². The zero-order chi connectivity index (χ0) is 17.4. The predicted octanol–water partition coefficient (Wildman–Crippen LogP) is 1.11. The van der Waals surface area contributed by atoms with Gasteiger partial charge >= 0.3 is 0 Å². The number of nitrogens with zero attached hydrogens (tertiary/aromatic N) is 2. The fourth-order valence-corrected chi connectivity index (χ4v) is 4.06. The fourth-order valence-electron chi connectivity index (χ4n) is 2.39. The lowest BCUT2D eigenvalue weighted by Gasteiger charge is -2.15. The third-order valence-corrected chi connectivity index (χ3v) is 5.36. The molecule has 2 rings (SSSR count). The minimum Gasteiger partial charge on any atom is -0.478 e. The van der Waals surface area contributed by atoms with Crippen LogP contribution in [0.1, 0.15) is 32.3 Å². The Hall–Kier alpha value is -1.83. The number of guanidine groups is 1. The maximum Gasteiger partial charge on any atom is 0.213 e. The van der Waals surface area contributed by atoms with Crippen LogP contribution in [0, 0.1) is 0 Å². The summed E-state index contributed by atoms with van der Waals surface area (Å²) in [6.45, 7) is 5.87. The van der Waals surface area contributed by atoms with Crippen LogP contribution in [-0.4, -0.2) is 50.1 Å². The van der Waals surface area contributed by atoms with E-state index in [1.54, 1.807) is 6.20 Å². The molecule has 134 valence electrons. The van der Waals surface area contributed by atoms with Crippen molar-refractivity contribution in [2.75, 3.05) is 24.7 Å². The van der Waals surface area contributed by atoms with E-state index in [4.69, 9.17) is 4.74 Å². The molecule has 1 saturated heterocycles. The maximum atomic E-state index is 11.5. The molecule has 8 heteroatoms. The van der Waals surface area contributed by atoms with E-state index in [9.17, 15) is 8.42 Å². The van der Waals surface area contributed by atoms with Gasteiger partial charge in [0, 0.05) is 24.8 Å². The minimum absolute atomic E-state index is 0.0734. The number of nitrogens with one attached hydrogen (secondary N) is 2. The van der Waals surface area contributed by atoms with Crippen molar-refractivity contribution in [3.05, 3.63) is 23.9 Å². The average molecular weight is 354 g/mol. The van der Waals surface area contributed by atoms with E-state index in [-0.39, 0.29) is 17.5 Å². The van der Waals surface area contributed by atoms with Gasteiger partial charge in [-0.05, 0) is 25.3 Å². The normalized spacial score (nSPS) is 19.9. The summed E-state index contributed by atoms with van der Waals surface area (Å²) in [7, 11) is -2.90. The first-order chi connectivity index (χ1) is 11.5. The van der Waals surface area contributed by atoms with Crippen molar-refractivity contribution in [3.8, 4) is 5.88 Å². The SMILES string of the molecule is CCCOc1ccc(CN=C(NCC)NC2CCS(=O)(=O)C2)cn1. The topological polar surface area (TPSA) is 92.7 Å². The van der Waals surface area contributed by atoms with E-state index >= 15 is 0 Å². The lowest BCUT2D eigenvalue weighted by Crippen LogP contribution is -2.44. The van der Waals surface area contributed by atoms with Gasteiger partial charge in [-0.3, -0.25) is 0 Å². The average Bonchev–Trinajstić information content (AvgIpc) is 2.90. The van der Waals surface area contributed by atoms with Gasteiger partial charge in [0.15, 0.2) is 15.8 Å². The second-order valence-electron chi connectivity index (χ2n) is 5.79. The molecule has 0 amide bonds. The van der Waals surface area contributed by atoms with Crippen LogP contribution in [0.5, 0.6) is 5.88 Å². The molecular formula is C16H26N4O3S. The molecule has 0 aliphatic carbocycles. The number of ether oxygens (including phenoxy) is 1. The highest BCUT2D eigenvalue weighted by Gasteiger charge is 2.28. The summed E-state index contributed by atoms with van der Waals surface area (Å²) in [5.74, 6) is 1.66. The molecule has 2 N–H and O–H groups in total. The van der Waals surface area contributed by atoms with Crippen molar-refractivity contribution in [3.63, 3.8) is 0 Å².